The van der Waals surface area contributed by atoms with Crippen molar-refractivity contribution in [2.45, 2.75) is 6.42 Å². The molecule has 0 bridgehead atoms. The number of anilines is 1. The van der Waals surface area contributed by atoms with Gasteiger partial charge in [-0.2, -0.15) is 17.0 Å². The second kappa shape index (κ2) is 7.35. The third-order valence-corrected chi connectivity index (χ3v) is 5.66. The van der Waals surface area contributed by atoms with E-state index in [1.54, 1.807) is 25.5 Å². The molecule has 0 aromatic carbocycles. The van der Waals surface area contributed by atoms with Crippen molar-refractivity contribution >= 4 is 27.8 Å². The Morgan fingerprint density at radius 3 is 2.43 bits per heavy atom. The molecule has 1 aromatic heterocycles. The molecule has 1 aliphatic heterocycles. The predicted octanol–water partition coefficient (Wildman–Crippen LogP) is 0.404. The Balaban J connectivity index is 1.94. The molecule has 118 valence electrons. The van der Waals surface area contributed by atoms with Gasteiger partial charge in [-0.05, 0) is 12.5 Å². The first kappa shape index (κ1) is 16.4. The number of piperazine rings is 1. The van der Waals surface area contributed by atoms with Gasteiger partial charge >= 0.3 is 0 Å². The highest BCUT2D eigenvalue weighted by atomic mass is 35.5. The standard InChI is InChI=1S/C12H20ClN5O2S/c1-16(7-2-4-13)21(19,20)18-10-8-17(9-11-18)12-14-5-3-6-15-12/h3,5-6H,2,4,7-11H2,1H3. The first-order valence-electron chi connectivity index (χ1n) is 6.85. The van der Waals surface area contributed by atoms with E-state index in [9.17, 15) is 8.42 Å². The Morgan fingerprint density at radius 2 is 1.86 bits per heavy atom. The summed E-state index contributed by atoms with van der Waals surface area (Å²) in [6.07, 6.45) is 4.02. The summed E-state index contributed by atoms with van der Waals surface area (Å²) < 4.78 is 27.7. The molecule has 0 amide bonds. The molecule has 1 saturated heterocycles. The number of hydrogen-bond acceptors (Lipinski definition) is 5. The first-order chi connectivity index (χ1) is 10.1. The molecule has 2 heterocycles. The zero-order valence-corrected chi connectivity index (χ0v) is 13.6. The minimum Gasteiger partial charge on any atom is -0.338 e. The summed E-state index contributed by atoms with van der Waals surface area (Å²) in [5.74, 6) is 1.10. The molecule has 0 aliphatic carbocycles. The maximum Gasteiger partial charge on any atom is 0.281 e. The molecule has 0 N–H and O–H groups in total. The van der Waals surface area contributed by atoms with Crippen LogP contribution in [0.2, 0.25) is 0 Å². The average molecular weight is 334 g/mol. The molecule has 0 radical (unpaired) electrons. The third kappa shape index (κ3) is 4.03. The Labute approximate surface area is 130 Å². The molecule has 9 heteroatoms. The van der Waals surface area contributed by atoms with E-state index in [0.29, 0.717) is 51.0 Å². The summed E-state index contributed by atoms with van der Waals surface area (Å²) in [5, 5.41) is 0. The zero-order chi connectivity index (χ0) is 15.3. The molecular formula is C12H20ClN5O2S. The smallest absolute Gasteiger partial charge is 0.281 e. The van der Waals surface area contributed by atoms with E-state index in [-0.39, 0.29) is 0 Å². The van der Waals surface area contributed by atoms with Crippen molar-refractivity contribution in [3.05, 3.63) is 18.5 Å². The maximum atomic E-state index is 12.4. The summed E-state index contributed by atoms with van der Waals surface area (Å²) in [6, 6.07) is 1.76. The molecule has 1 aliphatic rings. The number of nitrogens with zero attached hydrogens (tertiary/aromatic N) is 5. The highest BCUT2D eigenvalue weighted by molar-refractivity contribution is 7.86. The summed E-state index contributed by atoms with van der Waals surface area (Å²) in [4.78, 5) is 10.4. The molecule has 7 nitrogen and oxygen atoms in total. The van der Waals surface area contributed by atoms with Gasteiger partial charge in [0.05, 0.1) is 0 Å². The molecule has 0 saturated carbocycles. The van der Waals surface area contributed by atoms with Gasteiger partial charge in [0, 0.05) is 58.0 Å². The summed E-state index contributed by atoms with van der Waals surface area (Å²) in [7, 11) is -1.81. The van der Waals surface area contributed by atoms with E-state index in [4.69, 9.17) is 11.6 Å². The highest BCUT2D eigenvalue weighted by Crippen LogP contribution is 2.14. The Bertz CT molecular complexity index is 534. The van der Waals surface area contributed by atoms with Crippen molar-refractivity contribution in [1.29, 1.82) is 0 Å². The minimum absolute atomic E-state index is 0.436. The van der Waals surface area contributed by atoms with Gasteiger partial charge in [-0.15, -0.1) is 11.6 Å². The number of halogens is 1. The normalized spacial score (nSPS) is 17.4. The zero-order valence-electron chi connectivity index (χ0n) is 12.0. The van der Waals surface area contributed by atoms with Crippen molar-refractivity contribution in [3.63, 3.8) is 0 Å². The van der Waals surface area contributed by atoms with Crippen molar-refractivity contribution in [3.8, 4) is 0 Å². The quantitative estimate of drug-likeness (QED) is 0.705. The van der Waals surface area contributed by atoms with Crippen LogP contribution >= 0.6 is 11.6 Å². The van der Waals surface area contributed by atoms with Crippen LogP contribution < -0.4 is 4.90 Å². The fourth-order valence-corrected chi connectivity index (χ4v) is 3.67. The fraction of sp³-hybridized carbons (Fsp3) is 0.667. The van der Waals surface area contributed by atoms with Gasteiger partial charge in [-0.3, -0.25) is 0 Å². The van der Waals surface area contributed by atoms with E-state index < -0.39 is 10.2 Å². The van der Waals surface area contributed by atoms with Crippen molar-refractivity contribution in [2.75, 3.05) is 50.6 Å². The van der Waals surface area contributed by atoms with Gasteiger partial charge in [0.25, 0.3) is 10.2 Å². The molecule has 0 unspecified atom stereocenters. The van der Waals surface area contributed by atoms with Crippen LogP contribution in [-0.2, 0) is 10.2 Å². The van der Waals surface area contributed by atoms with Gasteiger partial charge in [0.1, 0.15) is 0 Å². The Morgan fingerprint density at radius 1 is 1.24 bits per heavy atom. The number of rotatable bonds is 6. The van der Waals surface area contributed by atoms with Gasteiger partial charge in [-0.1, -0.05) is 0 Å². The maximum absolute atomic E-state index is 12.4. The third-order valence-electron chi connectivity index (χ3n) is 3.40. The van der Waals surface area contributed by atoms with Crippen LogP contribution in [0.3, 0.4) is 0 Å². The van der Waals surface area contributed by atoms with E-state index in [1.807, 2.05) is 4.90 Å². The molecule has 2 rings (SSSR count). The highest BCUT2D eigenvalue weighted by Gasteiger charge is 2.30. The van der Waals surface area contributed by atoms with Crippen LogP contribution in [0.1, 0.15) is 6.42 Å². The van der Waals surface area contributed by atoms with E-state index in [0.717, 1.165) is 0 Å². The second-order valence-electron chi connectivity index (χ2n) is 4.81. The van der Waals surface area contributed by atoms with Crippen LogP contribution in [0, 0.1) is 0 Å². The lowest BCUT2D eigenvalue weighted by Crippen LogP contribution is -2.52. The molecule has 1 aromatic rings. The SMILES string of the molecule is CN(CCCCl)S(=O)(=O)N1CCN(c2ncccn2)CC1. The number of hydrogen-bond donors (Lipinski definition) is 0. The van der Waals surface area contributed by atoms with Crippen LogP contribution in [0.5, 0.6) is 0 Å². The lowest BCUT2D eigenvalue weighted by atomic mass is 10.4. The van der Waals surface area contributed by atoms with Crippen molar-refractivity contribution < 1.29 is 8.42 Å². The first-order valence-corrected chi connectivity index (χ1v) is 8.78. The minimum atomic E-state index is -3.40. The Hall–Kier alpha value is -0.960. The van der Waals surface area contributed by atoms with Crippen molar-refractivity contribution in [2.24, 2.45) is 0 Å². The molecule has 0 spiro atoms. The second-order valence-corrected chi connectivity index (χ2v) is 7.22. The topological polar surface area (TPSA) is 69.6 Å². The largest absolute Gasteiger partial charge is 0.338 e. The molecule has 0 atom stereocenters. The van der Waals surface area contributed by atoms with E-state index in [1.165, 1.54) is 8.61 Å². The van der Waals surface area contributed by atoms with Crippen LogP contribution in [-0.4, -0.2) is 72.6 Å². The lowest BCUT2D eigenvalue weighted by molar-refractivity contribution is 0.341. The summed E-state index contributed by atoms with van der Waals surface area (Å²) in [6.45, 7) is 2.49. The van der Waals surface area contributed by atoms with Crippen LogP contribution in [0.25, 0.3) is 0 Å². The van der Waals surface area contributed by atoms with Crippen molar-refractivity contribution in [1.82, 2.24) is 18.6 Å². The van der Waals surface area contributed by atoms with Gasteiger partial charge in [0.2, 0.25) is 5.95 Å². The fourth-order valence-electron chi connectivity index (χ4n) is 2.17. The summed E-state index contributed by atoms with van der Waals surface area (Å²) in [5.41, 5.74) is 0. The lowest BCUT2D eigenvalue weighted by Gasteiger charge is -2.35. The van der Waals surface area contributed by atoms with E-state index in [2.05, 4.69) is 9.97 Å². The monoisotopic (exact) mass is 333 g/mol. The molecule has 21 heavy (non-hydrogen) atoms. The van der Waals surface area contributed by atoms with E-state index >= 15 is 0 Å². The average Bonchev–Trinajstić information content (AvgIpc) is 2.53. The molecular weight excluding hydrogens is 314 g/mol. The van der Waals surface area contributed by atoms with Gasteiger partial charge in [-0.25, -0.2) is 9.97 Å². The predicted molar refractivity (Wildman–Crippen MR) is 82.7 cm³/mol. The summed E-state index contributed by atoms with van der Waals surface area (Å²) >= 11 is 5.61. The van der Waals surface area contributed by atoms with Gasteiger partial charge < -0.3 is 4.90 Å². The van der Waals surface area contributed by atoms with Crippen LogP contribution in [0.4, 0.5) is 5.95 Å². The number of alkyl halides is 1. The molecule has 1 fully saturated rings. The number of aromatic nitrogens is 2. The van der Waals surface area contributed by atoms with Gasteiger partial charge in [0.15, 0.2) is 0 Å². The van der Waals surface area contributed by atoms with Crippen LogP contribution in [0.15, 0.2) is 18.5 Å². The Kier molecular flexibility index (Phi) is 5.74.